The zero-order valence-electron chi connectivity index (χ0n) is 11.0. The van der Waals surface area contributed by atoms with Crippen LogP contribution in [0.4, 0.5) is 0 Å². The van der Waals surface area contributed by atoms with Crippen molar-refractivity contribution < 1.29 is 0 Å². The Morgan fingerprint density at radius 2 is 1.84 bits per heavy atom. The van der Waals surface area contributed by atoms with Gasteiger partial charge in [-0.2, -0.15) is 5.10 Å². The highest BCUT2D eigenvalue weighted by atomic mass is 15.3. The Bertz CT molecular complexity index is 589. The third-order valence-electron chi connectivity index (χ3n) is 4.60. The minimum Gasteiger partial charge on any atom is -0.321 e. The first-order chi connectivity index (χ1) is 9.26. The zero-order chi connectivity index (χ0) is 12.9. The van der Waals surface area contributed by atoms with E-state index in [2.05, 4.69) is 40.1 Å². The van der Waals surface area contributed by atoms with Gasteiger partial charge in [0.25, 0.3) is 0 Å². The lowest BCUT2D eigenvalue weighted by Gasteiger charge is -2.38. The van der Waals surface area contributed by atoms with E-state index in [1.165, 1.54) is 30.5 Å². The first-order valence-electron chi connectivity index (χ1n) is 7.20. The minimum atomic E-state index is -0.0675. The summed E-state index contributed by atoms with van der Waals surface area (Å²) in [5.41, 5.74) is 10.1. The Kier molecular flexibility index (Phi) is 2.33. The maximum atomic E-state index is 6.36. The van der Waals surface area contributed by atoms with Gasteiger partial charge in [0.05, 0.1) is 5.69 Å². The molecule has 0 spiro atoms. The van der Waals surface area contributed by atoms with Crippen LogP contribution >= 0.6 is 0 Å². The van der Waals surface area contributed by atoms with Crippen LogP contribution in [0.5, 0.6) is 0 Å². The molecular weight excluding hydrogens is 234 g/mol. The number of rotatable bonds is 3. The van der Waals surface area contributed by atoms with E-state index < -0.39 is 0 Å². The molecule has 0 radical (unpaired) electrons. The monoisotopic (exact) mass is 253 g/mol. The predicted molar refractivity (Wildman–Crippen MR) is 75.3 cm³/mol. The topological polar surface area (TPSA) is 43.8 Å². The maximum absolute atomic E-state index is 6.36. The quantitative estimate of drug-likeness (QED) is 0.913. The van der Waals surface area contributed by atoms with Crippen LogP contribution in [0, 0.1) is 0 Å². The summed E-state index contributed by atoms with van der Waals surface area (Å²) in [7, 11) is 0. The normalized spacial score (nSPS) is 21.1. The van der Waals surface area contributed by atoms with Crippen molar-refractivity contribution in [1.29, 1.82) is 0 Å². The molecule has 0 aliphatic heterocycles. The predicted octanol–water partition coefficient (Wildman–Crippen LogP) is 3.09. The molecule has 3 heteroatoms. The Balaban J connectivity index is 1.66. The molecule has 98 valence electrons. The first-order valence-corrected chi connectivity index (χ1v) is 7.20. The Morgan fingerprint density at radius 3 is 2.42 bits per heavy atom. The number of nitrogens with two attached hydrogens (primary N) is 1. The number of hydrogen-bond acceptors (Lipinski definition) is 2. The average Bonchev–Trinajstić information content (AvgIpc) is 3.14. The fraction of sp³-hybridized carbons (Fsp3) is 0.438. The van der Waals surface area contributed by atoms with Gasteiger partial charge in [0.15, 0.2) is 0 Å². The third kappa shape index (κ3) is 1.80. The molecule has 2 fully saturated rings. The van der Waals surface area contributed by atoms with E-state index in [1.54, 1.807) is 0 Å². The van der Waals surface area contributed by atoms with Crippen LogP contribution in [0.3, 0.4) is 0 Å². The van der Waals surface area contributed by atoms with Gasteiger partial charge in [-0.25, -0.2) is 4.68 Å². The van der Waals surface area contributed by atoms with E-state index >= 15 is 0 Å². The number of aromatic nitrogens is 2. The molecule has 1 aromatic carbocycles. The lowest BCUT2D eigenvalue weighted by Crippen LogP contribution is -2.43. The van der Waals surface area contributed by atoms with Crippen LogP contribution in [0.2, 0.25) is 0 Å². The van der Waals surface area contributed by atoms with Gasteiger partial charge in [-0.15, -0.1) is 0 Å². The van der Waals surface area contributed by atoms with E-state index in [-0.39, 0.29) is 5.54 Å². The average molecular weight is 253 g/mol. The number of nitrogens with zero attached hydrogens (tertiary/aromatic N) is 2. The second-order valence-corrected chi connectivity index (χ2v) is 6.00. The van der Waals surface area contributed by atoms with E-state index in [1.807, 2.05) is 6.20 Å². The third-order valence-corrected chi connectivity index (χ3v) is 4.60. The molecule has 0 atom stereocenters. The molecule has 0 amide bonds. The fourth-order valence-corrected chi connectivity index (χ4v) is 3.00. The molecule has 3 nitrogen and oxygen atoms in total. The van der Waals surface area contributed by atoms with Crippen LogP contribution in [-0.4, -0.2) is 9.78 Å². The summed E-state index contributed by atoms with van der Waals surface area (Å²) in [5.74, 6) is 0.717. The van der Waals surface area contributed by atoms with Crippen molar-refractivity contribution in [3.05, 3.63) is 47.8 Å². The summed E-state index contributed by atoms with van der Waals surface area (Å²) in [5, 5.41) is 4.46. The molecule has 2 aromatic rings. The Hall–Kier alpha value is -1.61. The van der Waals surface area contributed by atoms with Gasteiger partial charge in [0, 0.05) is 23.3 Å². The lowest BCUT2D eigenvalue weighted by atomic mass is 9.73. The first kappa shape index (κ1) is 11.2. The molecule has 0 unspecified atom stereocenters. The van der Waals surface area contributed by atoms with Gasteiger partial charge >= 0.3 is 0 Å². The summed E-state index contributed by atoms with van der Waals surface area (Å²) >= 11 is 0. The summed E-state index contributed by atoms with van der Waals surface area (Å²) in [6.07, 6.45) is 7.98. The van der Waals surface area contributed by atoms with Crippen molar-refractivity contribution in [2.75, 3.05) is 0 Å². The highest BCUT2D eigenvalue weighted by Crippen LogP contribution is 2.41. The van der Waals surface area contributed by atoms with Crippen molar-refractivity contribution in [2.45, 2.75) is 43.6 Å². The summed E-state index contributed by atoms with van der Waals surface area (Å²) < 4.78 is 2.07. The zero-order valence-corrected chi connectivity index (χ0v) is 11.0. The van der Waals surface area contributed by atoms with E-state index in [0.29, 0.717) is 0 Å². The Morgan fingerprint density at radius 1 is 1.11 bits per heavy atom. The van der Waals surface area contributed by atoms with Crippen molar-refractivity contribution in [2.24, 2.45) is 5.73 Å². The van der Waals surface area contributed by atoms with Gasteiger partial charge in [-0.05, 0) is 55.9 Å². The van der Waals surface area contributed by atoms with Crippen LogP contribution in [0.15, 0.2) is 36.5 Å². The van der Waals surface area contributed by atoms with Gasteiger partial charge in [-0.1, -0.05) is 12.1 Å². The highest BCUT2D eigenvalue weighted by Gasteiger charge is 2.34. The summed E-state index contributed by atoms with van der Waals surface area (Å²) in [6.45, 7) is 0. The van der Waals surface area contributed by atoms with Crippen molar-refractivity contribution >= 4 is 0 Å². The fourth-order valence-electron chi connectivity index (χ4n) is 3.00. The van der Waals surface area contributed by atoms with Gasteiger partial charge in [0.2, 0.25) is 0 Å². The van der Waals surface area contributed by atoms with Crippen LogP contribution < -0.4 is 5.73 Å². The van der Waals surface area contributed by atoms with Crippen molar-refractivity contribution in [1.82, 2.24) is 9.78 Å². The molecule has 1 aromatic heterocycles. The minimum absolute atomic E-state index is 0.0675. The molecule has 1 heterocycles. The van der Waals surface area contributed by atoms with Crippen LogP contribution in [0.1, 0.15) is 49.3 Å². The van der Waals surface area contributed by atoms with Gasteiger partial charge < -0.3 is 5.73 Å². The molecule has 2 saturated carbocycles. The molecule has 2 aliphatic carbocycles. The molecule has 19 heavy (non-hydrogen) atoms. The molecule has 2 aliphatic rings. The number of benzene rings is 1. The van der Waals surface area contributed by atoms with E-state index in [0.717, 1.165) is 24.4 Å². The maximum Gasteiger partial charge on any atom is 0.0649 e. The van der Waals surface area contributed by atoms with E-state index in [9.17, 15) is 0 Å². The second-order valence-electron chi connectivity index (χ2n) is 6.00. The van der Waals surface area contributed by atoms with Gasteiger partial charge in [-0.3, -0.25) is 0 Å². The van der Waals surface area contributed by atoms with Crippen LogP contribution in [0.25, 0.3) is 5.69 Å². The standard InChI is InChI=1S/C16H19N3/c17-16(9-1-10-16)13-4-6-14(7-5-13)19-15(8-11-18-19)12-2-3-12/h4-8,11-12H,1-3,9-10,17H2. The molecule has 4 rings (SSSR count). The van der Waals surface area contributed by atoms with Crippen molar-refractivity contribution in [3.8, 4) is 5.69 Å². The Labute approximate surface area is 113 Å². The van der Waals surface area contributed by atoms with Crippen LogP contribution in [-0.2, 0) is 5.54 Å². The largest absolute Gasteiger partial charge is 0.321 e. The van der Waals surface area contributed by atoms with Gasteiger partial charge in [0.1, 0.15) is 0 Å². The highest BCUT2D eigenvalue weighted by molar-refractivity contribution is 5.39. The molecule has 2 N–H and O–H groups in total. The lowest BCUT2D eigenvalue weighted by molar-refractivity contribution is 0.253. The molecular formula is C16H19N3. The van der Waals surface area contributed by atoms with Crippen molar-refractivity contribution in [3.63, 3.8) is 0 Å². The molecule has 0 bridgehead atoms. The SMILES string of the molecule is NC1(c2ccc(-n3nccc3C3CC3)cc2)CCC1. The summed E-state index contributed by atoms with van der Waals surface area (Å²) in [6, 6.07) is 10.8. The smallest absolute Gasteiger partial charge is 0.0649 e. The molecule has 0 saturated heterocycles. The summed E-state index contributed by atoms with van der Waals surface area (Å²) in [4.78, 5) is 0. The second kappa shape index (κ2) is 3.94. The number of hydrogen-bond donors (Lipinski definition) is 1. The van der Waals surface area contributed by atoms with E-state index in [4.69, 9.17) is 5.73 Å².